The van der Waals surface area contributed by atoms with Gasteiger partial charge in [-0.3, -0.25) is 0 Å². The van der Waals surface area contributed by atoms with E-state index in [-0.39, 0.29) is 6.04 Å². The highest BCUT2D eigenvalue weighted by Gasteiger charge is 2.22. The fourth-order valence-electron chi connectivity index (χ4n) is 1.99. The second kappa shape index (κ2) is 4.01. The highest BCUT2D eigenvalue weighted by Crippen LogP contribution is 2.29. The molecule has 0 bridgehead atoms. The summed E-state index contributed by atoms with van der Waals surface area (Å²) >= 11 is 3.43. The molecule has 1 aromatic rings. The third-order valence-corrected chi connectivity index (χ3v) is 3.32. The van der Waals surface area contributed by atoms with E-state index in [1.54, 1.807) is 0 Å². The van der Waals surface area contributed by atoms with E-state index in [1.165, 1.54) is 5.56 Å². The molecular formula is C11H14BrNO. The Hall–Kier alpha value is -0.380. The Balaban J connectivity index is 2.44. The van der Waals surface area contributed by atoms with Crippen molar-refractivity contribution >= 4 is 15.9 Å². The van der Waals surface area contributed by atoms with Crippen LogP contribution >= 0.6 is 15.9 Å². The molecule has 0 unspecified atom stereocenters. The molecule has 14 heavy (non-hydrogen) atoms. The molecule has 3 N–H and O–H groups in total. The Morgan fingerprint density at radius 2 is 2.21 bits per heavy atom. The lowest BCUT2D eigenvalue weighted by molar-refractivity contribution is 0.136. The second-order valence-corrected chi connectivity index (χ2v) is 4.74. The monoisotopic (exact) mass is 255 g/mol. The molecule has 0 radical (unpaired) electrons. The van der Waals surface area contributed by atoms with Gasteiger partial charge in [0.05, 0.1) is 12.1 Å². The lowest BCUT2D eigenvalue weighted by Crippen LogP contribution is -2.25. The van der Waals surface area contributed by atoms with Gasteiger partial charge in [-0.25, -0.2) is 0 Å². The summed E-state index contributed by atoms with van der Waals surface area (Å²) in [6.07, 6.45) is 2.44. The summed E-state index contributed by atoms with van der Waals surface area (Å²) in [7, 11) is 0. The molecule has 0 spiro atoms. The Kier molecular flexibility index (Phi) is 2.91. The summed E-state index contributed by atoms with van der Waals surface area (Å²) in [4.78, 5) is 0. The van der Waals surface area contributed by atoms with Gasteiger partial charge in [0.15, 0.2) is 0 Å². The number of aliphatic hydroxyl groups is 1. The smallest absolute Gasteiger partial charge is 0.0733 e. The molecule has 2 atom stereocenters. The van der Waals surface area contributed by atoms with E-state index >= 15 is 0 Å². The van der Waals surface area contributed by atoms with Crippen LogP contribution in [-0.2, 0) is 6.42 Å². The van der Waals surface area contributed by atoms with E-state index in [0.717, 1.165) is 29.3 Å². The third-order valence-electron chi connectivity index (χ3n) is 2.83. The molecular weight excluding hydrogens is 242 g/mol. The molecule has 1 aliphatic rings. The lowest BCUT2D eigenvalue weighted by Gasteiger charge is -2.17. The van der Waals surface area contributed by atoms with Crippen LogP contribution in [0.2, 0.25) is 0 Å². The third kappa shape index (κ3) is 1.85. The zero-order chi connectivity index (χ0) is 10.1. The Labute approximate surface area is 92.3 Å². The number of benzene rings is 1. The van der Waals surface area contributed by atoms with Crippen LogP contribution in [0, 0.1) is 0 Å². The first-order valence-electron chi connectivity index (χ1n) is 4.90. The van der Waals surface area contributed by atoms with Crippen molar-refractivity contribution < 1.29 is 5.11 Å². The standard InChI is InChI=1S/C11H14BrNO/c12-8-5-4-7-2-1-3-10(14)11(13)9(7)6-8/h4-6,10-11,14H,1-3,13H2/t10-,11-/m1/s1. The van der Waals surface area contributed by atoms with Gasteiger partial charge in [-0.2, -0.15) is 0 Å². The zero-order valence-corrected chi connectivity index (χ0v) is 9.50. The van der Waals surface area contributed by atoms with Crippen LogP contribution in [0.1, 0.15) is 30.0 Å². The second-order valence-electron chi connectivity index (χ2n) is 3.83. The van der Waals surface area contributed by atoms with Crippen LogP contribution in [0.4, 0.5) is 0 Å². The molecule has 3 heteroatoms. The van der Waals surface area contributed by atoms with Crippen molar-refractivity contribution in [3.8, 4) is 0 Å². The Morgan fingerprint density at radius 3 is 3.00 bits per heavy atom. The lowest BCUT2D eigenvalue weighted by atomic mass is 9.99. The average Bonchev–Trinajstić information content (AvgIpc) is 2.30. The van der Waals surface area contributed by atoms with Gasteiger partial charge in [0, 0.05) is 4.47 Å². The molecule has 0 amide bonds. The number of hydrogen-bond donors (Lipinski definition) is 2. The Morgan fingerprint density at radius 1 is 1.43 bits per heavy atom. The normalized spacial score (nSPS) is 26.8. The van der Waals surface area contributed by atoms with E-state index in [9.17, 15) is 5.11 Å². The first-order chi connectivity index (χ1) is 6.68. The number of nitrogens with two attached hydrogens (primary N) is 1. The fraction of sp³-hybridized carbons (Fsp3) is 0.455. The molecule has 0 saturated heterocycles. The van der Waals surface area contributed by atoms with Crippen molar-refractivity contribution in [2.24, 2.45) is 5.73 Å². The summed E-state index contributed by atoms with van der Waals surface area (Å²) in [5.74, 6) is 0. The van der Waals surface area contributed by atoms with Crippen LogP contribution in [-0.4, -0.2) is 11.2 Å². The molecule has 2 nitrogen and oxygen atoms in total. The fourth-order valence-corrected chi connectivity index (χ4v) is 2.37. The van der Waals surface area contributed by atoms with Gasteiger partial charge in [-0.05, 0) is 42.5 Å². The van der Waals surface area contributed by atoms with Crippen molar-refractivity contribution in [1.29, 1.82) is 0 Å². The van der Waals surface area contributed by atoms with Crippen molar-refractivity contribution in [2.45, 2.75) is 31.4 Å². The number of aryl methyl sites for hydroxylation is 1. The van der Waals surface area contributed by atoms with Gasteiger partial charge in [-0.1, -0.05) is 22.0 Å². The van der Waals surface area contributed by atoms with E-state index < -0.39 is 6.10 Å². The maximum atomic E-state index is 9.76. The van der Waals surface area contributed by atoms with Crippen LogP contribution in [0.3, 0.4) is 0 Å². The van der Waals surface area contributed by atoms with Gasteiger partial charge >= 0.3 is 0 Å². The molecule has 1 aromatic carbocycles. The number of halogens is 1. The predicted octanol–water partition coefficient (Wildman–Crippen LogP) is 2.15. The van der Waals surface area contributed by atoms with Gasteiger partial charge in [-0.15, -0.1) is 0 Å². The molecule has 0 aromatic heterocycles. The van der Waals surface area contributed by atoms with Crippen molar-refractivity contribution in [1.82, 2.24) is 0 Å². The largest absolute Gasteiger partial charge is 0.391 e. The molecule has 0 aliphatic heterocycles. The van der Waals surface area contributed by atoms with E-state index in [0.29, 0.717) is 0 Å². The zero-order valence-electron chi connectivity index (χ0n) is 7.91. The van der Waals surface area contributed by atoms with E-state index in [2.05, 4.69) is 22.0 Å². The van der Waals surface area contributed by atoms with Crippen molar-refractivity contribution in [3.05, 3.63) is 33.8 Å². The minimum Gasteiger partial charge on any atom is -0.391 e. The van der Waals surface area contributed by atoms with Gasteiger partial charge in [0.2, 0.25) is 0 Å². The first-order valence-corrected chi connectivity index (χ1v) is 5.70. The maximum Gasteiger partial charge on any atom is 0.0733 e. The van der Waals surface area contributed by atoms with Crippen LogP contribution in [0.25, 0.3) is 0 Å². The van der Waals surface area contributed by atoms with E-state index in [4.69, 9.17) is 5.73 Å². The van der Waals surface area contributed by atoms with Crippen LogP contribution in [0.15, 0.2) is 22.7 Å². The molecule has 0 saturated carbocycles. The van der Waals surface area contributed by atoms with Crippen LogP contribution in [0.5, 0.6) is 0 Å². The summed E-state index contributed by atoms with van der Waals surface area (Å²) in [6, 6.07) is 5.92. The minimum absolute atomic E-state index is 0.231. The summed E-state index contributed by atoms with van der Waals surface area (Å²) in [6.45, 7) is 0. The molecule has 1 aliphatic carbocycles. The van der Waals surface area contributed by atoms with Gasteiger partial charge in [0.25, 0.3) is 0 Å². The summed E-state index contributed by atoms with van der Waals surface area (Å²) in [5.41, 5.74) is 8.35. The number of aliphatic hydroxyl groups excluding tert-OH is 1. The molecule has 0 heterocycles. The number of fused-ring (bicyclic) bond motifs is 1. The van der Waals surface area contributed by atoms with E-state index in [1.807, 2.05) is 12.1 Å². The molecule has 76 valence electrons. The highest BCUT2D eigenvalue weighted by molar-refractivity contribution is 9.10. The SMILES string of the molecule is N[C@@H]1c2cc(Br)ccc2CCC[C@H]1O. The van der Waals surface area contributed by atoms with Crippen LogP contribution < -0.4 is 5.73 Å². The van der Waals surface area contributed by atoms with Crippen molar-refractivity contribution in [2.75, 3.05) is 0 Å². The number of rotatable bonds is 0. The number of hydrogen-bond acceptors (Lipinski definition) is 2. The first kappa shape index (κ1) is 10.1. The average molecular weight is 256 g/mol. The topological polar surface area (TPSA) is 46.2 Å². The van der Waals surface area contributed by atoms with Gasteiger partial charge < -0.3 is 10.8 Å². The minimum atomic E-state index is -0.398. The highest BCUT2D eigenvalue weighted by atomic mass is 79.9. The molecule has 2 rings (SSSR count). The van der Waals surface area contributed by atoms with Gasteiger partial charge in [0.1, 0.15) is 0 Å². The predicted molar refractivity (Wildman–Crippen MR) is 60.0 cm³/mol. The summed E-state index contributed by atoms with van der Waals surface area (Å²) < 4.78 is 1.03. The maximum absolute atomic E-state index is 9.76. The Bertz CT molecular complexity index is 340. The summed E-state index contributed by atoms with van der Waals surface area (Å²) in [5, 5.41) is 9.76. The van der Waals surface area contributed by atoms with Crippen molar-refractivity contribution in [3.63, 3.8) is 0 Å². The quantitative estimate of drug-likeness (QED) is 0.698. The molecule has 0 fully saturated rings.